The largest absolute Gasteiger partial charge is 0.467 e. The average molecular weight is 366 g/mol. The van der Waals surface area contributed by atoms with Gasteiger partial charge in [0.15, 0.2) is 0 Å². The summed E-state index contributed by atoms with van der Waals surface area (Å²) in [6.07, 6.45) is 0.157. The number of nitrogens with zero attached hydrogens (tertiary/aromatic N) is 1. The number of carbonyl (C=O) groups excluding carboxylic acids is 3. The lowest BCUT2D eigenvalue weighted by Crippen LogP contribution is -2.43. The number of rotatable bonds is 6. The van der Waals surface area contributed by atoms with Gasteiger partial charge in [0, 0.05) is 12.0 Å². The van der Waals surface area contributed by atoms with Crippen molar-refractivity contribution >= 4 is 17.8 Å². The van der Waals surface area contributed by atoms with Crippen LogP contribution < -0.4 is 5.32 Å². The second-order valence-corrected chi connectivity index (χ2v) is 5.64. The maximum atomic E-state index is 12.5. The van der Waals surface area contributed by atoms with Crippen LogP contribution in [0, 0.1) is 11.3 Å². The highest BCUT2D eigenvalue weighted by Gasteiger charge is 2.23. The third-order valence-corrected chi connectivity index (χ3v) is 3.83. The summed E-state index contributed by atoms with van der Waals surface area (Å²) in [6.45, 7) is 0. The Morgan fingerprint density at radius 3 is 2.41 bits per heavy atom. The Morgan fingerprint density at radius 1 is 1.04 bits per heavy atom. The fourth-order valence-electron chi connectivity index (χ4n) is 2.49. The van der Waals surface area contributed by atoms with E-state index in [4.69, 9.17) is 10.00 Å². The van der Waals surface area contributed by atoms with Gasteiger partial charge in [0.2, 0.25) is 0 Å². The lowest BCUT2D eigenvalue weighted by Gasteiger charge is -2.17. The molecule has 0 spiro atoms. The van der Waals surface area contributed by atoms with Crippen LogP contribution in [-0.4, -0.2) is 38.1 Å². The first-order valence-electron chi connectivity index (χ1n) is 8.04. The monoisotopic (exact) mass is 366 g/mol. The van der Waals surface area contributed by atoms with Crippen molar-refractivity contribution in [1.29, 1.82) is 5.26 Å². The smallest absolute Gasteiger partial charge is 0.337 e. The van der Waals surface area contributed by atoms with E-state index in [1.807, 2.05) is 6.07 Å². The lowest BCUT2D eigenvalue weighted by molar-refractivity contribution is -0.142. The molecule has 0 radical (unpaired) electrons. The van der Waals surface area contributed by atoms with Gasteiger partial charge in [-0.15, -0.1) is 0 Å². The average Bonchev–Trinajstić information content (AvgIpc) is 2.72. The summed E-state index contributed by atoms with van der Waals surface area (Å²) in [6, 6.07) is 13.8. The second-order valence-electron chi connectivity index (χ2n) is 5.64. The maximum Gasteiger partial charge on any atom is 0.337 e. The number of esters is 2. The van der Waals surface area contributed by atoms with Gasteiger partial charge in [-0.3, -0.25) is 4.79 Å². The fourth-order valence-corrected chi connectivity index (χ4v) is 2.49. The number of hydrogen-bond donors (Lipinski definition) is 1. The van der Waals surface area contributed by atoms with Crippen LogP contribution in [0.2, 0.25) is 0 Å². The van der Waals surface area contributed by atoms with E-state index in [2.05, 4.69) is 10.1 Å². The van der Waals surface area contributed by atoms with E-state index >= 15 is 0 Å². The quantitative estimate of drug-likeness (QED) is 0.782. The number of amides is 1. The molecule has 1 atom stereocenters. The Kier molecular flexibility index (Phi) is 6.67. The summed E-state index contributed by atoms with van der Waals surface area (Å²) >= 11 is 0. The molecule has 2 aromatic rings. The van der Waals surface area contributed by atoms with Gasteiger partial charge in [-0.25, -0.2) is 9.59 Å². The van der Waals surface area contributed by atoms with Gasteiger partial charge in [-0.1, -0.05) is 18.2 Å². The topological polar surface area (TPSA) is 105 Å². The van der Waals surface area contributed by atoms with Gasteiger partial charge < -0.3 is 14.8 Å². The van der Waals surface area contributed by atoms with Crippen molar-refractivity contribution < 1.29 is 23.9 Å². The number of nitrogens with one attached hydrogen (secondary N) is 1. The third kappa shape index (κ3) is 5.16. The molecule has 0 saturated heterocycles. The van der Waals surface area contributed by atoms with E-state index in [9.17, 15) is 14.4 Å². The third-order valence-electron chi connectivity index (χ3n) is 3.83. The molecule has 27 heavy (non-hydrogen) atoms. The molecule has 7 heteroatoms. The molecule has 0 aromatic heterocycles. The highest BCUT2D eigenvalue weighted by Crippen LogP contribution is 2.11. The Bertz CT molecular complexity index is 901. The van der Waals surface area contributed by atoms with Gasteiger partial charge in [-0.05, 0) is 35.9 Å². The van der Waals surface area contributed by atoms with E-state index in [1.54, 1.807) is 30.3 Å². The number of carbonyl (C=O) groups is 3. The van der Waals surface area contributed by atoms with E-state index in [0.29, 0.717) is 11.1 Å². The predicted molar refractivity (Wildman–Crippen MR) is 95.9 cm³/mol. The molecule has 1 N–H and O–H groups in total. The summed E-state index contributed by atoms with van der Waals surface area (Å²) in [5.41, 5.74) is 1.58. The summed E-state index contributed by atoms with van der Waals surface area (Å²) in [5, 5.41) is 11.6. The van der Waals surface area contributed by atoms with Crippen LogP contribution in [0.4, 0.5) is 0 Å². The van der Waals surface area contributed by atoms with Crippen molar-refractivity contribution in [2.45, 2.75) is 12.5 Å². The van der Waals surface area contributed by atoms with Crippen molar-refractivity contribution in [2.75, 3.05) is 14.2 Å². The SMILES string of the molecule is COC(=O)c1cccc(C(=O)N[C@@H](Cc2cccc(C#N)c2)C(=O)OC)c1. The summed E-state index contributed by atoms with van der Waals surface area (Å²) in [5.74, 6) is -1.72. The zero-order valence-corrected chi connectivity index (χ0v) is 14.9. The molecule has 2 aromatic carbocycles. The van der Waals surface area contributed by atoms with Crippen LogP contribution in [0.3, 0.4) is 0 Å². The summed E-state index contributed by atoms with van der Waals surface area (Å²) < 4.78 is 9.40. The van der Waals surface area contributed by atoms with E-state index in [-0.39, 0.29) is 17.5 Å². The molecule has 0 aliphatic heterocycles. The van der Waals surface area contributed by atoms with Crippen LogP contribution >= 0.6 is 0 Å². The summed E-state index contributed by atoms with van der Waals surface area (Å²) in [4.78, 5) is 36.2. The predicted octanol–water partition coefficient (Wildman–Crippen LogP) is 1.86. The van der Waals surface area contributed by atoms with Gasteiger partial charge in [0.05, 0.1) is 31.4 Å². The first-order valence-corrected chi connectivity index (χ1v) is 8.04. The van der Waals surface area contributed by atoms with Crippen molar-refractivity contribution in [1.82, 2.24) is 5.32 Å². The molecule has 0 unspecified atom stereocenters. The highest BCUT2D eigenvalue weighted by molar-refractivity contribution is 5.99. The van der Waals surface area contributed by atoms with Crippen LogP contribution in [0.25, 0.3) is 0 Å². The first-order chi connectivity index (χ1) is 13.0. The zero-order valence-electron chi connectivity index (χ0n) is 14.9. The molecule has 7 nitrogen and oxygen atoms in total. The Hall–Kier alpha value is -3.66. The minimum Gasteiger partial charge on any atom is -0.467 e. The molecule has 0 saturated carbocycles. The molecule has 2 rings (SSSR count). The first kappa shape index (κ1) is 19.7. The van der Waals surface area contributed by atoms with E-state index < -0.39 is 23.9 Å². The van der Waals surface area contributed by atoms with Crippen molar-refractivity contribution in [3.63, 3.8) is 0 Å². The molecule has 138 valence electrons. The maximum absolute atomic E-state index is 12.5. The van der Waals surface area contributed by atoms with Crippen molar-refractivity contribution in [3.8, 4) is 6.07 Å². The number of hydrogen-bond acceptors (Lipinski definition) is 6. The van der Waals surface area contributed by atoms with Crippen LogP contribution in [0.5, 0.6) is 0 Å². The molecule has 0 aliphatic carbocycles. The Balaban J connectivity index is 2.20. The molecular formula is C20H18N2O5. The van der Waals surface area contributed by atoms with Gasteiger partial charge >= 0.3 is 11.9 Å². The van der Waals surface area contributed by atoms with Crippen LogP contribution in [-0.2, 0) is 20.7 Å². The lowest BCUT2D eigenvalue weighted by atomic mass is 10.0. The number of benzene rings is 2. The molecule has 0 aliphatic rings. The van der Waals surface area contributed by atoms with E-state index in [0.717, 1.165) is 0 Å². The molecule has 0 bridgehead atoms. The van der Waals surface area contributed by atoms with Gasteiger partial charge in [0.25, 0.3) is 5.91 Å². The number of methoxy groups -OCH3 is 2. The minimum absolute atomic E-state index is 0.157. The normalized spacial score (nSPS) is 11.0. The van der Waals surface area contributed by atoms with Crippen LogP contribution in [0.15, 0.2) is 48.5 Å². The summed E-state index contributed by atoms with van der Waals surface area (Å²) in [7, 11) is 2.47. The van der Waals surface area contributed by atoms with Crippen molar-refractivity contribution in [2.24, 2.45) is 0 Å². The van der Waals surface area contributed by atoms with Gasteiger partial charge in [0.1, 0.15) is 6.04 Å². The fraction of sp³-hybridized carbons (Fsp3) is 0.200. The number of nitriles is 1. The standard InChI is InChI=1S/C20H18N2O5/c1-26-19(24)16-8-4-7-15(11-16)18(23)22-17(20(25)27-2)10-13-5-3-6-14(9-13)12-21/h3-9,11,17H,10H2,1-2H3,(H,22,23)/t17-/m0/s1. The van der Waals surface area contributed by atoms with Gasteiger partial charge in [-0.2, -0.15) is 5.26 Å². The zero-order chi connectivity index (χ0) is 19.8. The molecule has 1 amide bonds. The minimum atomic E-state index is -0.946. The molecular weight excluding hydrogens is 348 g/mol. The van der Waals surface area contributed by atoms with Crippen LogP contribution in [0.1, 0.15) is 31.8 Å². The highest BCUT2D eigenvalue weighted by atomic mass is 16.5. The van der Waals surface area contributed by atoms with E-state index in [1.165, 1.54) is 32.4 Å². The number of ether oxygens (including phenoxy) is 2. The Labute approximate surface area is 156 Å². The molecule has 0 heterocycles. The molecule has 0 fully saturated rings. The Morgan fingerprint density at radius 2 is 1.74 bits per heavy atom. The van der Waals surface area contributed by atoms with Crippen molar-refractivity contribution in [3.05, 3.63) is 70.8 Å². The second kappa shape index (κ2) is 9.15.